The molecule has 1 saturated carbocycles. The topological polar surface area (TPSA) is 114 Å². The number of carbonyl (C=O) groups is 1. The van der Waals surface area contributed by atoms with E-state index in [1.54, 1.807) is 29.6 Å². The number of aromatic nitrogens is 2. The van der Waals surface area contributed by atoms with Crippen LogP contribution in [0.3, 0.4) is 0 Å². The molecule has 3 fully saturated rings. The minimum absolute atomic E-state index is 0.0267. The van der Waals surface area contributed by atoms with E-state index >= 15 is 0 Å². The highest BCUT2D eigenvalue weighted by atomic mass is 32.2. The van der Waals surface area contributed by atoms with Crippen LogP contribution in [0.1, 0.15) is 50.0 Å². The van der Waals surface area contributed by atoms with Gasteiger partial charge < -0.3 is 15.4 Å². The quantitative estimate of drug-likeness (QED) is 0.447. The Labute approximate surface area is 220 Å². The van der Waals surface area contributed by atoms with Crippen molar-refractivity contribution in [3.8, 4) is 5.88 Å². The number of amides is 1. The fraction of sp³-hybridized carbons (Fsp3) is 0.500. The number of sulfonamides is 1. The molecule has 196 valence electrons. The van der Waals surface area contributed by atoms with Gasteiger partial charge in [0.05, 0.1) is 17.9 Å². The molecule has 2 saturated heterocycles. The van der Waals surface area contributed by atoms with Gasteiger partial charge in [-0.05, 0) is 42.5 Å². The van der Waals surface area contributed by atoms with Crippen molar-refractivity contribution >= 4 is 42.7 Å². The molecule has 1 amide bonds. The number of nitrogens with one attached hydrogen (secondary N) is 2. The first-order chi connectivity index (χ1) is 17.9. The Morgan fingerprint density at radius 3 is 2.65 bits per heavy atom. The Kier molecular flexibility index (Phi) is 6.64. The molecule has 11 heteroatoms. The second-order valence-corrected chi connectivity index (χ2v) is 13.1. The van der Waals surface area contributed by atoms with Crippen LogP contribution in [0.4, 0.5) is 5.13 Å². The van der Waals surface area contributed by atoms with E-state index in [1.807, 2.05) is 18.2 Å². The number of piperazine rings is 1. The van der Waals surface area contributed by atoms with Crippen LogP contribution in [0.15, 0.2) is 41.3 Å². The second kappa shape index (κ2) is 9.94. The van der Waals surface area contributed by atoms with Crippen molar-refractivity contribution in [3.05, 3.63) is 42.0 Å². The monoisotopic (exact) mass is 541 g/mol. The molecule has 3 atom stereocenters. The zero-order valence-electron chi connectivity index (χ0n) is 20.7. The molecule has 2 aliphatic heterocycles. The number of ether oxygens (including phenoxy) is 1. The molecule has 2 N–H and O–H groups in total. The zero-order chi connectivity index (χ0) is 25.6. The van der Waals surface area contributed by atoms with Crippen molar-refractivity contribution in [3.63, 3.8) is 0 Å². The number of thiazole rings is 1. The lowest BCUT2D eigenvalue weighted by Crippen LogP contribution is -2.46. The van der Waals surface area contributed by atoms with Crippen molar-refractivity contribution in [1.82, 2.24) is 19.6 Å². The average molecular weight is 542 g/mol. The van der Waals surface area contributed by atoms with E-state index in [0.717, 1.165) is 31.2 Å². The third-order valence-corrected chi connectivity index (χ3v) is 10.7. The molecule has 1 aliphatic carbocycles. The highest BCUT2D eigenvalue weighted by Crippen LogP contribution is 2.36. The summed E-state index contributed by atoms with van der Waals surface area (Å²) in [5.74, 6) is 0.465. The Bertz CT molecular complexity index is 1400. The molecule has 3 unspecified atom stereocenters. The predicted octanol–water partition coefficient (Wildman–Crippen LogP) is 3.74. The summed E-state index contributed by atoms with van der Waals surface area (Å²) in [5.41, 5.74) is 1.53. The van der Waals surface area contributed by atoms with Crippen LogP contribution in [0.2, 0.25) is 0 Å². The van der Waals surface area contributed by atoms with E-state index in [1.165, 1.54) is 24.2 Å². The third kappa shape index (κ3) is 4.85. The predicted molar refractivity (Wildman–Crippen MR) is 142 cm³/mol. The van der Waals surface area contributed by atoms with Gasteiger partial charge in [0, 0.05) is 31.2 Å². The van der Waals surface area contributed by atoms with Gasteiger partial charge in [-0.1, -0.05) is 49.2 Å². The van der Waals surface area contributed by atoms with Crippen LogP contribution >= 0.6 is 11.3 Å². The summed E-state index contributed by atoms with van der Waals surface area (Å²) in [6.07, 6.45) is 6.22. The van der Waals surface area contributed by atoms with Gasteiger partial charge in [-0.3, -0.25) is 4.79 Å². The number of carbonyl (C=O) groups excluding carboxylic acids is 1. The summed E-state index contributed by atoms with van der Waals surface area (Å²) in [7, 11) is -1.99. The fourth-order valence-electron chi connectivity index (χ4n) is 5.96. The van der Waals surface area contributed by atoms with Gasteiger partial charge in [0.2, 0.25) is 21.8 Å². The van der Waals surface area contributed by atoms with E-state index in [2.05, 4.69) is 20.6 Å². The van der Waals surface area contributed by atoms with Crippen LogP contribution in [0.5, 0.6) is 5.88 Å². The number of hydrogen-bond acceptors (Lipinski definition) is 8. The van der Waals surface area contributed by atoms with Crippen molar-refractivity contribution in [2.75, 3.05) is 25.5 Å². The molecular formula is C26H31N5O4S2. The van der Waals surface area contributed by atoms with Gasteiger partial charge in [0.15, 0.2) is 5.13 Å². The summed E-state index contributed by atoms with van der Waals surface area (Å²) < 4.78 is 33.4. The lowest BCUT2D eigenvalue weighted by molar-refractivity contribution is -0.118. The van der Waals surface area contributed by atoms with Gasteiger partial charge in [-0.15, -0.1) is 0 Å². The van der Waals surface area contributed by atoms with Gasteiger partial charge in [0.25, 0.3) is 0 Å². The summed E-state index contributed by atoms with van der Waals surface area (Å²) in [5, 5.41) is 6.85. The van der Waals surface area contributed by atoms with Gasteiger partial charge in [0.1, 0.15) is 10.3 Å². The molecular weight excluding hydrogens is 510 g/mol. The van der Waals surface area contributed by atoms with E-state index in [0.29, 0.717) is 40.4 Å². The first-order valence-corrected chi connectivity index (χ1v) is 15.1. The lowest BCUT2D eigenvalue weighted by atomic mass is 9.87. The minimum Gasteiger partial charge on any atom is -0.481 e. The molecule has 9 nitrogen and oxygen atoms in total. The number of anilines is 1. The largest absolute Gasteiger partial charge is 0.481 e. The second-order valence-electron chi connectivity index (χ2n) is 10.3. The smallest absolute Gasteiger partial charge is 0.243 e. The highest BCUT2D eigenvalue weighted by Gasteiger charge is 2.44. The van der Waals surface area contributed by atoms with Crippen molar-refractivity contribution in [1.29, 1.82) is 0 Å². The molecule has 2 bridgehead atoms. The number of pyridine rings is 1. The fourth-order valence-corrected chi connectivity index (χ4v) is 8.47. The maximum Gasteiger partial charge on any atom is 0.243 e. The molecule has 2 aromatic heterocycles. The number of methoxy groups -OCH3 is 1. The van der Waals surface area contributed by atoms with E-state index in [9.17, 15) is 13.2 Å². The molecule has 3 aromatic rings. The van der Waals surface area contributed by atoms with Crippen LogP contribution in [-0.4, -0.2) is 60.9 Å². The van der Waals surface area contributed by atoms with Gasteiger partial charge in [-0.2, -0.15) is 4.31 Å². The van der Waals surface area contributed by atoms with E-state index in [4.69, 9.17) is 4.74 Å². The van der Waals surface area contributed by atoms with Crippen LogP contribution < -0.4 is 15.4 Å². The first-order valence-electron chi connectivity index (χ1n) is 12.9. The highest BCUT2D eigenvalue weighted by molar-refractivity contribution is 7.89. The molecule has 3 aliphatic rings. The molecule has 1 aromatic carbocycles. The van der Waals surface area contributed by atoms with Crippen molar-refractivity contribution < 1.29 is 17.9 Å². The third-order valence-electron chi connectivity index (χ3n) is 7.92. The summed E-state index contributed by atoms with van der Waals surface area (Å²) in [4.78, 5) is 23.5. The molecule has 6 rings (SSSR count). The summed E-state index contributed by atoms with van der Waals surface area (Å²) >= 11 is 1.31. The summed E-state index contributed by atoms with van der Waals surface area (Å²) in [6.45, 7) is 1.23. The number of hydrogen-bond donors (Lipinski definition) is 2. The van der Waals surface area contributed by atoms with Gasteiger partial charge in [-0.25, -0.2) is 18.4 Å². The zero-order valence-corrected chi connectivity index (χ0v) is 22.4. The number of nitrogens with zero attached hydrogens (tertiary/aromatic N) is 3. The molecule has 0 radical (unpaired) electrons. The van der Waals surface area contributed by atoms with Crippen LogP contribution in [0, 0.1) is 5.92 Å². The molecule has 37 heavy (non-hydrogen) atoms. The lowest BCUT2D eigenvalue weighted by Gasteiger charge is -2.27. The standard InChI is InChI=1S/C26H31N5O4S2/c1-35-23-11-10-22-25(29-23)36-26(28-22)30-24(32)21(12-16-4-2-3-5-16)17-6-8-20(9-7-17)37(33,34)31-15-18-13-19(31)14-27-18/h6-11,16,18-19,21,27H,2-5,12-15H2,1H3,(H,28,30,32). The normalized spacial score (nSPS) is 23.1. The first kappa shape index (κ1) is 24.7. The average Bonchev–Trinajstić information content (AvgIpc) is 3.71. The Morgan fingerprint density at radius 1 is 1.19 bits per heavy atom. The Hall–Kier alpha value is -2.60. The Morgan fingerprint density at radius 2 is 1.97 bits per heavy atom. The molecule has 0 spiro atoms. The molecule has 4 heterocycles. The maximum absolute atomic E-state index is 13.6. The van der Waals surface area contributed by atoms with E-state index in [-0.39, 0.29) is 28.8 Å². The van der Waals surface area contributed by atoms with Crippen LogP contribution in [-0.2, 0) is 14.8 Å². The van der Waals surface area contributed by atoms with Crippen LogP contribution in [0.25, 0.3) is 10.3 Å². The Balaban J connectivity index is 1.23. The summed E-state index contributed by atoms with van der Waals surface area (Å²) in [6, 6.07) is 10.8. The maximum atomic E-state index is 13.6. The SMILES string of the molecule is COc1ccc2nc(NC(=O)C(CC3CCCC3)c3ccc(S(=O)(=O)N4CC5CC4CN5)cc3)sc2n1. The number of fused-ring (bicyclic) bond motifs is 3. The number of rotatable bonds is 8. The van der Waals surface area contributed by atoms with Crippen molar-refractivity contribution in [2.45, 2.75) is 61.4 Å². The van der Waals surface area contributed by atoms with Crippen molar-refractivity contribution in [2.24, 2.45) is 5.92 Å². The minimum atomic E-state index is -3.56. The van der Waals surface area contributed by atoms with Gasteiger partial charge >= 0.3 is 0 Å². The number of benzene rings is 1. The van der Waals surface area contributed by atoms with E-state index < -0.39 is 10.0 Å².